The van der Waals surface area contributed by atoms with E-state index in [2.05, 4.69) is 32.0 Å². The second-order valence-corrected chi connectivity index (χ2v) is 4.41. The topological polar surface area (TPSA) is 88.8 Å². The first-order chi connectivity index (χ1) is 11.6. The number of carbonyl (C=O) groups is 1. The van der Waals surface area contributed by atoms with Crippen molar-refractivity contribution in [1.29, 1.82) is 0 Å². The molecule has 0 unspecified atom stereocenters. The average molecular weight is 327 g/mol. The number of hydrogen-bond donors (Lipinski definition) is 1. The number of ether oxygens (including phenoxy) is 1. The molecule has 0 atom stereocenters. The number of amides is 1. The number of hydrogen-bond acceptors (Lipinski definition) is 6. The van der Waals surface area contributed by atoms with Gasteiger partial charge in [-0.05, 0) is 18.9 Å². The summed E-state index contributed by atoms with van der Waals surface area (Å²) in [6.45, 7) is 3.34. The van der Waals surface area contributed by atoms with Crippen molar-refractivity contribution in [3.8, 4) is 5.75 Å². The highest BCUT2D eigenvalue weighted by Gasteiger charge is 2.09. The molecular formula is C16H14FN5O2. The van der Waals surface area contributed by atoms with E-state index in [1.807, 2.05) is 0 Å². The van der Waals surface area contributed by atoms with Crippen LogP contribution in [0.2, 0.25) is 0 Å². The zero-order valence-corrected chi connectivity index (χ0v) is 12.8. The van der Waals surface area contributed by atoms with Crippen molar-refractivity contribution in [2.45, 2.75) is 0 Å². The Labute approximate surface area is 137 Å². The molecule has 24 heavy (non-hydrogen) atoms. The van der Waals surface area contributed by atoms with Gasteiger partial charge in [-0.2, -0.15) is 4.39 Å². The predicted octanol–water partition coefficient (Wildman–Crippen LogP) is 2.49. The summed E-state index contributed by atoms with van der Waals surface area (Å²) in [4.78, 5) is 27.0. The first kappa shape index (κ1) is 16.9. The Morgan fingerprint density at radius 1 is 1.42 bits per heavy atom. The van der Waals surface area contributed by atoms with Crippen molar-refractivity contribution >= 4 is 24.5 Å². The maximum Gasteiger partial charge on any atom is 0.274 e. The normalized spacial score (nSPS) is 11.3. The number of anilines is 1. The van der Waals surface area contributed by atoms with Gasteiger partial charge < -0.3 is 10.1 Å². The van der Waals surface area contributed by atoms with Crippen LogP contribution in [0.1, 0.15) is 10.5 Å². The number of rotatable bonds is 6. The van der Waals surface area contributed by atoms with E-state index in [1.54, 1.807) is 13.1 Å². The van der Waals surface area contributed by atoms with Crippen LogP contribution in [0.4, 0.5) is 10.1 Å². The molecule has 7 nitrogen and oxygen atoms in total. The Balaban J connectivity index is 2.14. The van der Waals surface area contributed by atoms with E-state index in [4.69, 9.17) is 4.74 Å². The van der Waals surface area contributed by atoms with Gasteiger partial charge in [0.1, 0.15) is 11.4 Å². The fraction of sp³-hybridized carbons (Fsp3) is 0.0625. The Morgan fingerprint density at radius 3 is 2.96 bits per heavy atom. The highest BCUT2D eigenvalue weighted by molar-refractivity contribution is 6.02. The van der Waals surface area contributed by atoms with Crippen LogP contribution in [0, 0.1) is 5.95 Å². The van der Waals surface area contributed by atoms with E-state index in [-0.39, 0.29) is 5.69 Å². The SMILES string of the molecule is C=N/C=C(\C=NC)Oc1cncc(NC(=O)c2cccc(F)n2)c1. The van der Waals surface area contributed by atoms with Crippen LogP contribution < -0.4 is 10.1 Å². The van der Waals surface area contributed by atoms with Gasteiger partial charge in [0, 0.05) is 13.1 Å². The monoisotopic (exact) mass is 327 g/mol. The van der Waals surface area contributed by atoms with Gasteiger partial charge in [0.2, 0.25) is 5.95 Å². The first-order valence-electron chi connectivity index (χ1n) is 6.77. The minimum Gasteiger partial charge on any atom is -0.452 e. The molecular weight excluding hydrogens is 313 g/mol. The molecule has 0 spiro atoms. The Morgan fingerprint density at radius 2 is 2.25 bits per heavy atom. The second kappa shape index (κ2) is 8.28. The summed E-state index contributed by atoms with van der Waals surface area (Å²) in [5.74, 6) is -0.588. The summed E-state index contributed by atoms with van der Waals surface area (Å²) in [6, 6.07) is 5.51. The Bertz CT molecular complexity index is 805. The number of allylic oxidation sites excluding steroid dienone is 1. The van der Waals surface area contributed by atoms with Gasteiger partial charge in [-0.15, -0.1) is 0 Å². The zero-order chi connectivity index (χ0) is 17.4. The summed E-state index contributed by atoms with van der Waals surface area (Å²) in [5.41, 5.74) is 0.318. The van der Waals surface area contributed by atoms with Gasteiger partial charge in [0.05, 0.1) is 30.5 Å². The van der Waals surface area contributed by atoms with Crippen molar-refractivity contribution in [3.05, 3.63) is 60.3 Å². The largest absolute Gasteiger partial charge is 0.452 e. The molecule has 0 aliphatic heterocycles. The van der Waals surface area contributed by atoms with E-state index in [9.17, 15) is 9.18 Å². The smallest absolute Gasteiger partial charge is 0.274 e. The number of pyridine rings is 2. The molecule has 0 bridgehead atoms. The number of nitrogens with one attached hydrogen (secondary N) is 1. The molecule has 0 fully saturated rings. The minimum atomic E-state index is -0.733. The van der Waals surface area contributed by atoms with Gasteiger partial charge in [-0.3, -0.25) is 19.8 Å². The maximum atomic E-state index is 13.1. The van der Waals surface area contributed by atoms with Crippen molar-refractivity contribution in [2.24, 2.45) is 9.98 Å². The molecule has 2 rings (SSSR count). The number of aromatic nitrogens is 2. The van der Waals surface area contributed by atoms with Crippen molar-refractivity contribution in [1.82, 2.24) is 9.97 Å². The number of nitrogens with zero attached hydrogens (tertiary/aromatic N) is 4. The fourth-order valence-corrected chi connectivity index (χ4v) is 1.71. The molecule has 122 valence electrons. The van der Waals surface area contributed by atoms with Crippen molar-refractivity contribution < 1.29 is 13.9 Å². The van der Waals surface area contributed by atoms with E-state index in [1.165, 1.54) is 36.9 Å². The zero-order valence-electron chi connectivity index (χ0n) is 12.8. The van der Waals surface area contributed by atoms with Crippen LogP contribution in [-0.4, -0.2) is 35.9 Å². The first-order valence-corrected chi connectivity index (χ1v) is 6.77. The second-order valence-electron chi connectivity index (χ2n) is 4.41. The lowest BCUT2D eigenvalue weighted by atomic mass is 10.3. The maximum absolute atomic E-state index is 13.1. The molecule has 8 heteroatoms. The molecule has 1 amide bonds. The summed E-state index contributed by atoms with van der Waals surface area (Å²) < 4.78 is 18.6. The highest BCUT2D eigenvalue weighted by Crippen LogP contribution is 2.18. The summed E-state index contributed by atoms with van der Waals surface area (Å²) in [7, 11) is 1.58. The molecule has 0 aliphatic carbocycles. The third kappa shape index (κ3) is 4.80. The molecule has 0 radical (unpaired) electrons. The van der Waals surface area contributed by atoms with E-state index >= 15 is 0 Å². The van der Waals surface area contributed by atoms with Crippen LogP contribution in [0.5, 0.6) is 5.75 Å². The van der Waals surface area contributed by atoms with Gasteiger partial charge in [0.15, 0.2) is 5.76 Å². The van der Waals surface area contributed by atoms with E-state index in [0.29, 0.717) is 17.2 Å². The van der Waals surface area contributed by atoms with Gasteiger partial charge in [-0.25, -0.2) is 4.98 Å². The average Bonchev–Trinajstić information content (AvgIpc) is 2.55. The minimum absolute atomic E-state index is 0.0455. The summed E-state index contributed by atoms with van der Waals surface area (Å²) in [5, 5.41) is 2.56. The van der Waals surface area contributed by atoms with Crippen LogP contribution in [0.15, 0.2) is 58.6 Å². The number of carbonyl (C=O) groups excluding carboxylic acids is 1. The highest BCUT2D eigenvalue weighted by atomic mass is 19.1. The molecule has 0 aromatic carbocycles. The van der Waals surface area contributed by atoms with Gasteiger partial charge in [-0.1, -0.05) is 6.07 Å². The molecule has 0 aliphatic rings. The van der Waals surface area contributed by atoms with Gasteiger partial charge >= 0.3 is 0 Å². The fourth-order valence-electron chi connectivity index (χ4n) is 1.71. The Kier molecular flexibility index (Phi) is 5.84. The van der Waals surface area contributed by atoms with Crippen LogP contribution in [0.3, 0.4) is 0 Å². The molecule has 2 aromatic heterocycles. The third-order valence-electron chi connectivity index (χ3n) is 2.63. The lowest BCUT2D eigenvalue weighted by Crippen LogP contribution is -2.14. The lowest BCUT2D eigenvalue weighted by molar-refractivity contribution is 0.102. The molecule has 1 N–H and O–H groups in total. The van der Waals surface area contributed by atoms with Crippen LogP contribution >= 0.6 is 0 Å². The third-order valence-corrected chi connectivity index (χ3v) is 2.63. The number of halogens is 1. The van der Waals surface area contributed by atoms with Crippen molar-refractivity contribution in [2.75, 3.05) is 12.4 Å². The van der Waals surface area contributed by atoms with Gasteiger partial charge in [0.25, 0.3) is 5.91 Å². The van der Waals surface area contributed by atoms with Crippen LogP contribution in [-0.2, 0) is 0 Å². The van der Waals surface area contributed by atoms with Crippen LogP contribution in [0.25, 0.3) is 0 Å². The van der Waals surface area contributed by atoms with E-state index in [0.717, 1.165) is 6.07 Å². The standard InChI is InChI=1S/C16H14FN5O2/c1-18-8-13(9-19-2)24-12-6-11(7-20-10-12)21-16(23)14-4-3-5-15(17)22-14/h3-10H,1H2,2H3,(H,21,23)/b13-8+,19-9?. The number of aliphatic imine (C=N–C) groups is 2. The quantitative estimate of drug-likeness (QED) is 0.501. The van der Waals surface area contributed by atoms with E-state index < -0.39 is 11.9 Å². The Hall–Kier alpha value is -3.42. The predicted molar refractivity (Wildman–Crippen MR) is 89.1 cm³/mol. The lowest BCUT2D eigenvalue weighted by Gasteiger charge is -2.08. The molecule has 0 saturated carbocycles. The summed E-state index contributed by atoms with van der Waals surface area (Å²) in [6.07, 6.45) is 5.72. The molecule has 0 saturated heterocycles. The summed E-state index contributed by atoms with van der Waals surface area (Å²) >= 11 is 0. The van der Waals surface area contributed by atoms with Crippen molar-refractivity contribution in [3.63, 3.8) is 0 Å². The molecule has 2 heterocycles. The molecule has 2 aromatic rings.